The number of ether oxygens (including phenoxy) is 2. The Morgan fingerprint density at radius 1 is 1.47 bits per heavy atom. The maximum Gasteiger partial charge on any atom is 0.413 e. The Labute approximate surface area is 178 Å². The van der Waals surface area contributed by atoms with Crippen LogP contribution in [0.4, 0.5) is 13.6 Å². The summed E-state index contributed by atoms with van der Waals surface area (Å²) in [5.41, 5.74) is -1.55. The van der Waals surface area contributed by atoms with Crippen LogP contribution in [0, 0.1) is 11.7 Å². The lowest BCUT2D eigenvalue weighted by molar-refractivity contribution is -0.0558. The van der Waals surface area contributed by atoms with Crippen LogP contribution in [0.1, 0.15) is 50.0 Å². The number of nitrogens with zero attached hydrogens (tertiary/aromatic N) is 1. The average Bonchev–Trinajstić information content (AvgIpc) is 2.66. The lowest BCUT2D eigenvalue weighted by Gasteiger charge is -2.49. The number of nitrogens with one attached hydrogen (secondary N) is 1. The number of amides is 1. The van der Waals surface area contributed by atoms with Gasteiger partial charge < -0.3 is 9.47 Å². The van der Waals surface area contributed by atoms with Crippen LogP contribution >= 0.6 is 11.8 Å². The first kappa shape index (κ1) is 22.7. The van der Waals surface area contributed by atoms with E-state index in [1.54, 1.807) is 20.8 Å². The van der Waals surface area contributed by atoms with E-state index in [9.17, 15) is 18.4 Å². The Kier molecular flexibility index (Phi) is 6.52. The molecule has 1 amide bonds. The molecule has 1 aromatic carbocycles. The molecule has 6 nitrogen and oxygen atoms in total. The number of carbonyl (C=O) groups is 2. The number of carbonyl (C=O) groups excluding carboxylic acids is 2. The van der Waals surface area contributed by atoms with Crippen LogP contribution in [-0.4, -0.2) is 47.8 Å². The zero-order valence-electron chi connectivity index (χ0n) is 17.4. The molecule has 1 fully saturated rings. The van der Waals surface area contributed by atoms with E-state index in [1.165, 1.54) is 18.2 Å². The number of hydrogen-bond donors (Lipinski definition) is 1. The van der Waals surface area contributed by atoms with Gasteiger partial charge in [0.05, 0.1) is 12.7 Å². The fraction of sp³-hybridized carbons (Fsp3) is 0.571. The van der Waals surface area contributed by atoms with E-state index < -0.39 is 35.0 Å². The summed E-state index contributed by atoms with van der Waals surface area (Å²) in [5.74, 6) is -0.939. The van der Waals surface area contributed by atoms with Crippen molar-refractivity contribution >= 4 is 29.3 Å². The largest absolute Gasteiger partial charge is 0.444 e. The highest BCUT2D eigenvalue weighted by atomic mass is 32.2. The Morgan fingerprint density at radius 2 is 2.20 bits per heavy atom. The minimum Gasteiger partial charge on any atom is -0.444 e. The van der Waals surface area contributed by atoms with Crippen molar-refractivity contribution in [3.05, 3.63) is 35.1 Å². The van der Waals surface area contributed by atoms with Crippen LogP contribution in [0.15, 0.2) is 23.2 Å². The summed E-state index contributed by atoms with van der Waals surface area (Å²) in [6.07, 6.45) is 0.211. The first-order chi connectivity index (χ1) is 14.1. The predicted octanol–water partition coefficient (Wildman–Crippen LogP) is 4.22. The van der Waals surface area contributed by atoms with Crippen LogP contribution in [0.25, 0.3) is 0 Å². The zero-order chi connectivity index (χ0) is 22.1. The second kappa shape index (κ2) is 8.63. The molecule has 4 atom stereocenters. The van der Waals surface area contributed by atoms with Crippen molar-refractivity contribution in [2.24, 2.45) is 10.9 Å². The molecular weight excluding hydrogens is 414 g/mol. The Hall–Kier alpha value is -2.00. The molecule has 0 unspecified atom stereocenters. The van der Waals surface area contributed by atoms with Crippen molar-refractivity contribution < 1.29 is 27.8 Å². The summed E-state index contributed by atoms with van der Waals surface area (Å²) in [6, 6.07) is 4.00. The van der Waals surface area contributed by atoms with E-state index in [4.69, 9.17) is 9.47 Å². The molecular formula is C21H26F2N2O4S. The number of benzene rings is 1. The number of amidine groups is 1. The maximum absolute atomic E-state index is 14.9. The average molecular weight is 441 g/mol. The fourth-order valence-electron chi connectivity index (χ4n) is 3.88. The SMILES string of the molecule is C[C@H]1C[C@H]2[C@@H](CF)SC(NC(=O)OC(C)(C)C)=N[C@@]2(c2cc(C=O)ccc2F)CO1. The van der Waals surface area contributed by atoms with E-state index in [2.05, 4.69) is 10.3 Å². The van der Waals surface area contributed by atoms with E-state index in [0.717, 1.165) is 11.8 Å². The standard InChI is InChI=1S/C21H26F2N2O4S/c1-12-7-15-17(9-22)30-18(24-19(27)29-20(2,3)4)25-21(15,11-28-12)14-8-13(10-26)5-6-16(14)23/h5-6,8,10,12,15,17H,7,9,11H2,1-4H3,(H,24,25,27)/t12-,15-,17+,21+/m0/s1. The molecule has 1 saturated heterocycles. The third-order valence-electron chi connectivity index (χ3n) is 5.15. The molecule has 9 heteroatoms. The van der Waals surface area contributed by atoms with Crippen molar-refractivity contribution in [1.29, 1.82) is 0 Å². The highest BCUT2D eigenvalue weighted by molar-refractivity contribution is 8.14. The van der Waals surface area contributed by atoms with E-state index >= 15 is 0 Å². The fourth-order valence-corrected chi connectivity index (χ4v) is 5.09. The predicted molar refractivity (Wildman–Crippen MR) is 111 cm³/mol. The van der Waals surface area contributed by atoms with Crippen molar-refractivity contribution in [3.8, 4) is 0 Å². The Balaban J connectivity index is 2.08. The number of aldehydes is 1. The molecule has 2 aliphatic rings. The number of rotatable bonds is 3. The van der Waals surface area contributed by atoms with Gasteiger partial charge in [0, 0.05) is 22.3 Å². The van der Waals surface area contributed by atoms with E-state index in [0.29, 0.717) is 12.7 Å². The van der Waals surface area contributed by atoms with Crippen LogP contribution in [0.2, 0.25) is 0 Å². The second-order valence-corrected chi connectivity index (χ2v) is 9.83. The molecule has 1 aromatic rings. The van der Waals surface area contributed by atoms with Gasteiger partial charge in [-0.25, -0.2) is 18.6 Å². The molecule has 30 heavy (non-hydrogen) atoms. The summed E-state index contributed by atoms with van der Waals surface area (Å²) in [5, 5.41) is 2.13. The van der Waals surface area contributed by atoms with Gasteiger partial charge in [-0.1, -0.05) is 11.8 Å². The number of alkyl carbamates (subject to hydrolysis) is 1. The summed E-state index contributed by atoms with van der Waals surface area (Å²) >= 11 is 1.10. The molecule has 164 valence electrons. The normalized spacial score (nSPS) is 28.9. The van der Waals surface area contributed by atoms with Crippen LogP contribution < -0.4 is 5.32 Å². The zero-order valence-corrected chi connectivity index (χ0v) is 18.2. The molecule has 0 saturated carbocycles. The van der Waals surface area contributed by atoms with Crippen LogP contribution in [0.5, 0.6) is 0 Å². The minimum absolute atomic E-state index is 0.00855. The second-order valence-electron chi connectivity index (χ2n) is 8.60. The molecule has 2 aliphatic heterocycles. The van der Waals surface area contributed by atoms with Crippen molar-refractivity contribution in [1.82, 2.24) is 5.32 Å². The van der Waals surface area contributed by atoms with Gasteiger partial charge in [-0.3, -0.25) is 10.1 Å². The summed E-state index contributed by atoms with van der Waals surface area (Å²) in [7, 11) is 0. The van der Waals surface area contributed by atoms with Gasteiger partial charge in [-0.2, -0.15) is 0 Å². The summed E-state index contributed by atoms with van der Waals surface area (Å²) in [6.45, 7) is 6.37. The third-order valence-corrected chi connectivity index (χ3v) is 6.33. The molecule has 0 radical (unpaired) electrons. The lowest BCUT2D eigenvalue weighted by Crippen LogP contribution is -2.54. The van der Waals surface area contributed by atoms with Crippen LogP contribution in [0.3, 0.4) is 0 Å². The van der Waals surface area contributed by atoms with Crippen molar-refractivity contribution in [3.63, 3.8) is 0 Å². The molecule has 0 aromatic heterocycles. The van der Waals surface area contributed by atoms with Gasteiger partial charge >= 0.3 is 6.09 Å². The molecule has 3 rings (SSSR count). The Bertz CT molecular complexity index is 858. The topological polar surface area (TPSA) is 77.0 Å². The van der Waals surface area contributed by atoms with E-state index in [-0.39, 0.29) is 34.9 Å². The van der Waals surface area contributed by atoms with Crippen molar-refractivity contribution in [2.75, 3.05) is 13.3 Å². The van der Waals surface area contributed by atoms with Gasteiger partial charge in [-0.15, -0.1) is 0 Å². The molecule has 0 aliphatic carbocycles. The molecule has 0 bridgehead atoms. The molecule has 1 N–H and O–H groups in total. The maximum atomic E-state index is 14.9. The number of fused-ring (bicyclic) bond motifs is 1. The van der Waals surface area contributed by atoms with Crippen LogP contribution in [-0.2, 0) is 15.0 Å². The number of aliphatic imine (C=N–C) groups is 1. The quantitative estimate of drug-likeness (QED) is 0.712. The number of alkyl halides is 1. The van der Waals surface area contributed by atoms with Gasteiger partial charge in [0.2, 0.25) is 0 Å². The Morgan fingerprint density at radius 3 is 2.83 bits per heavy atom. The first-order valence-electron chi connectivity index (χ1n) is 9.77. The molecule has 0 spiro atoms. The van der Waals surface area contributed by atoms with E-state index in [1.807, 2.05) is 6.92 Å². The van der Waals surface area contributed by atoms with Gasteiger partial charge in [0.1, 0.15) is 29.9 Å². The number of hydrogen-bond acceptors (Lipinski definition) is 6. The highest BCUT2D eigenvalue weighted by Gasteiger charge is 2.53. The first-order valence-corrected chi connectivity index (χ1v) is 10.6. The smallest absolute Gasteiger partial charge is 0.413 e. The summed E-state index contributed by atoms with van der Waals surface area (Å²) < 4.78 is 40.1. The van der Waals surface area contributed by atoms with Gasteiger partial charge in [0.25, 0.3) is 0 Å². The number of halogens is 2. The van der Waals surface area contributed by atoms with Gasteiger partial charge in [-0.05, 0) is 52.3 Å². The highest BCUT2D eigenvalue weighted by Crippen LogP contribution is 2.50. The summed E-state index contributed by atoms with van der Waals surface area (Å²) in [4.78, 5) is 28.2. The molecule has 2 heterocycles. The minimum atomic E-state index is -1.26. The van der Waals surface area contributed by atoms with Gasteiger partial charge in [0.15, 0.2) is 5.17 Å². The number of thioether (sulfide) groups is 1. The van der Waals surface area contributed by atoms with Crippen molar-refractivity contribution in [2.45, 2.75) is 56.6 Å². The monoisotopic (exact) mass is 440 g/mol. The third kappa shape index (κ3) is 4.67. The lowest BCUT2D eigenvalue weighted by atomic mass is 9.72.